The first kappa shape index (κ1) is 22.7. The topological polar surface area (TPSA) is 77.5 Å². The number of aromatic nitrogens is 2. The summed E-state index contributed by atoms with van der Waals surface area (Å²) in [7, 11) is 0. The number of hydrogen-bond acceptors (Lipinski definition) is 5. The Labute approximate surface area is 209 Å². The number of carbonyl (C=O) groups is 1. The van der Waals surface area contributed by atoms with Crippen LogP contribution in [-0.2, 0) is 0 Å². The number of halogens is 1. The van der Waals surface area contributed by atoms with E-state index in [9.17, 15) is 14.9 Å². The lowest BCUT2D eigenvalue weighted by atomic mass is 10.0. The van der Waals surface area contributed by atoms with E-state index in [-0.39, 0.29) is 16.5 Å². The van der Waals surface area contributed by atoms with Crippen LogP contribution in [0.2, 0.25) is 5.02 Å². The largest absolute Gasteiger partial charge is 0.290 e. The van der Waals surface area contributed by atoms with Gasteiger partial charge in [0, 0.05) is 28.3 Å². The van der Waals surface area contributed by atoms with Crippen LogP contribution in [0.15, 0.2) is 85.1 Å². The van der Waals surface area contributed by atoms with Gasteiger partial charge in [0.15, 0.2) is 10.7 Å². The zero-order chi connectivity index (χ0) is 24.5. The predicted octanol–water partition coefficient (Wildman–Crippen LogP) is 7.50. The molecule has 172 valence electrons. The number of hydrogen-bond donors (Lipinski definition) is 0. The minimum absolute atomic E-state index is 0.0573. The molecule has 2 heterocycles. The highest BCUT2D eigenvalue weighted by Crippen LogP contribution is 2.34. The fraction of sp³-hybridized carbons (Fsp3) is 0.0370. The van der Waals surface area contributed by atoms with Gasteiger partial charge in [-0.05, 0) is 36.3 Å². The third kappa shape index (κ3) is 4.51. The fourth-order valence-electron chi connectivity index (χ4n) is 3.85. The Bertz CT molecular complexity index is 1600. The van der Waals surface area contributed by atoms with Crippen molar-refractivity contribution in [1.82, 2.24) is 9.38 Å². The van der Waals surface area contributed by atoms with Gasteiger partial charge in [-0.2, -0.15) is 0 Å². The van der Waals surface area contributed by atoms with E-state index in [1.165, 1.54) is 29.5 Å². The van der Waals surface area contributed by atoms with Crippen LogP contribution in [0.25, 0.3) is 33.4 Å². The van der Waals surface area contributed by atoms with Crippen molar-refractivity contribution in [3.8, 4) is 22.4 Å². The molecule has 5 rings (SSSR count). The summed E-state index contributed by atoms with van der Waals surface area (Å²) >= 11 is 7.49. The van der Waals surface area contributed by atoms with E-state index >= 15 is 0 Å². The Kier molecular flexibility index (Phi) is 6.03. The lowest BCUT2D eigenvalue weighted by molar-refractivity contribution is -0.384. The first-order chi connectivity index (χ1) is 16.9. The average molecular weight is 500 g/mol. The molecule has 6 nitrogen and oxygen atoms in total. The van der Waals surface area contributed by atoms with E-state index in [0.717, 1.165) is 21.0 Å². The SMILES string of the molecule is Cc1cn2c(C=CC(=O)c3ccc(-c4ccccc4)cc3)c(-c3ccc(Cl)c([N+](=O)[O-])c3)nc2s1. The molecule has 8 heteroatoms. The van der Waals surface area contributed by atoms with Crippen LogP contribution in [-0.4, -0.2) is 20.1 Å². The van der Waals surface area contributed by atoms with Crippen LogP contribution in [0.4, 0.5) is 5.69 Å². The summed E-state index contributed by atoms with van der Waals surface area (Å²) in [6, 6.07) is 22.0. The Balaban J connectivity index is 1.50. The van der Waals surface area contributed by atoms with Crippen LogP contribution in [0.1, 0.15) is 20.9 Å². The highest BCUT2D eigenvalue weighted by molar-refractivity contribution is 7.17. The standard InChI is InChI=1S/C27H18ClN3O3S/c1-17-16-30-23(26(29-27(30)35-17)21-11-12-22(28)24(15-21)31(33)34)13-14-25(32)20-9-7-19(8-10-20)18-5-3-2-4-6-18/h2-16H,1H3. The van der Waals surface area contributed by atoms with E-state index in [1.807, 2.05) is 60.0 Å². The number of thiazole rings is 1. The van der Waals surface area contributed by atoms with Gasteiger partial charge in [-0.1, -0.05) is 72.3 Å². The van der Waals surface area contributed by atoms with Gasteiger partial charge in [0.25, 0.3) is 5.69 Å². The van der Waals surface area contributed by atoms with E-state index in [2.05, 4.69) is 4.98 Å². The van der Waals surface area contributed by atoms with Crippen LogP contribution in [0.3, 0.4) is 0 Å². The summed E-state index contributed by atoms with van der Waals surface area (Å²) in [6.07, 6.45) is 5.14. The van der Waals surface area contributed by atoms with Crippen molar-refractivity contribution < 1.29 is 9.72 Å². The first-order valence-corrected chi connectivity index (χ1v) is 11.9. The molecular formula is C27H18ClN3O3S. The zero-order valence-corrected chi connectivity index (χ0v) is 20.1. The molecule has 0 fully saturated rings. The zero-order valence-electron chi connectivity index (χ0n) is 18.5. The molecule has 3 aromatic carbocycles. The van der Waals surface area contributed by atoms with Gasteiger partial charge < -0.3 is 0 Å². The number of rotatable bonds is 6. The maximum absolute atomic E-state index is 12.9. The molecule has 0 saturated carbocycles. The molecule has 5 aromatic rings. The molecule has 2 aromatic heterocycles. The number of allylic oxidation sites excluding steroid dienone is 1. The number of ketones is 1. The number of benzene rings is 3. The second-order valence-corrected chi connectivity index (χ2v) is 9.52. The maximum atomic E-state index is 12.9. The van der Waals surface area contributed by atoms with E-state index in [0.29, 0.717) is 22.5 Å². The van der Waals surface area contributed by atoms with Crippen molar-refractivity contribution in [2.75, 3.05) is 0 Å². The summed E-state index contributed by atoms with van der Waals surface area (Å²) in [5.74, 6) is -0.153. The van der Waals surface area contributed by atoms with Crippen molar-refractivity contribution in [2.45, 2.75) is 6.92 Å². The summed E-state index contributed by atoms with van der Waals surface area (Å²) in [4.78, 5) is 30.3. The molecule has 0 aliphatic rings. The monoisotopic (exact) mass is 499 g/mol. The van der Waals surface area contributed by atoms with E-state index < -0.39 is 4.92 Å². The number of nitro groups is 1. The number of fused-ring (bicyclic) bond motifs is 1. The normalized spacial score (nSPS) is 11.4. The molecule has 0 aliphatic heterocycles. The number of nitrogens with zero attached hydrogens (tertiary/aromatic N) is 3. The molecular weight excluding hydrogens is 482 g/mol. The fourth-order valence-corrected chi connectivity index (χ4v) is 4.87. The smallest absolute Gasteiger partial charge is 0.288 e. The Morgan fingerprint density at radius 3 is 2.43 bits per heavy atom. The van der Waals surface area contributed by atoms with Gasteiger partial charge in [0.2, 0.25) is 0 Å². The molecule has 35 heavy (non-hydrogen) atoms. The quantitative estimate of drug-likeness (QED) is 0.105. The summed E-state index contributed by atoms with van der Waals surface area (Å²) in [5, 5.41) is 11.4. The lowest BCUT2D eigenvalue weighted by Gasteiger charge is -2.03. The minimum Gasteiger partial charge on any atom is -0.290 e. The highest BCUT2D eigenvalue weighted by Gasteiger charge is 2.19. The van der Waals surface area contributed by atoms with Crippen molar-refractivity contribution in [2.24, 2.45) is 0 Å². The van der Waals surface area contributed by atoms with E-state index in [1.54, 1.807) is 24.3 Å². The number of carbonyl (C=O) groups excluding carboxylic acids is 1. The van der Waals surface area contributed by atoms with Crippen LogP contribution < -0.4 is 0 Å². The predicted molar refractivity (Wildman–Crippen MR) is 140 cm³/mol. The van der Waals surface area contributed by atoms with E-state index in [4.69, 9.17) is 11.6 Å². The second-order valence-electron chi connectivity index (χ2n) is 7.90. The summed E-state index contributed by atoms with van der Waals surface area (Å²) in [5.41, 5.74) is 4.24. The third-order valence-corrected chi connectivity index (χ3v) is 6.78. The van der Waals surface area contributed by atoms with Crippen molar-refractivity contribution in [3.63, 3.8) is 0 Å². The maximum Gasteiger partial charge on any atom is 0.288 e. The lowest BCUT2D eigenvalue weighted by Crippen LogP contribution is -1.95. The molecule has 0 aliphatic carbocycles. The van der Waals surface area contributed by atoms with Gasteiger partial charge in [-0.15, -0.1) is 11.3 Å². The molecule has 0 unspecified atom stereocenters. The Morgan fingerprint density at radius 1 is 1.03 bits per heavy atom. The number of aryl methyl sites for hydroxylation is 1. The van der Waals surface area contributed by atoms with Crippen LogP contribution >= 0.6 is 22.9 Å². The summed E-state index contributed by atoms with van der Waals surface area (Å²) < 4.78 is 1.89. The molecule has 0 bridgehead atoms. The highest BCUT2D eigenvalue weighted by atomic mass is 35.5. The number of nitro benzene ring substituents is 1. The van der Waals surface area contributed by atoms with Crippen molar-refractivity contribution >= 4 is 45.4 Å². The molecule has 0 radical (unpaired) electrons. The summed E-state index contributed by atoms with van der Waals surface area (Å²) in [6.45, 7) is 1.97. The Morgan fingerprint density at radius 2 is 1.71 bits per heavy atom. The van der Waals surface area contributed by atoms with Gasteiger partial charge in [0.1, 0.15) is 5.02 Å². The molecule has 0 atom stereocenters. The molecule has 0 saturated heterocycles. The van der Waals surface area contributed by atoms with Gasteiger partial charge >= 0.3 is 0 Å². The number of imidazole rings is 1. The van der Waals surface area contributed by atoms with Gasteiger partial charge in [-0.25, -0.2) is 4.98 Å². The average Bonchev–Trinajstić information content (AvgIpc) is 3.39. The van der Waals surface area contributed by atoms with Gasteiger partial charge in [-0.3, -0.25) is 19.3 Å². The Hall–Kier alpha value is -4.07. The third-order valence-electron chi connectivity index (χ3n) is 5.56. The first-order valence-electron chi connectivity index (χ1n) is 10.7. The second kappa shape index (κ2) is 9.29. The minimum atomic E-state index is -0.521. The molecule has 0 spiro atoms. The van der Waals surface area contributed by atoms with Crippen molar-refractivity contribution in [3.05, 3.63) is 116 Å². The molecule has 0 amide bonds. The van der Waals surface area contributed by atoms with Crippen LogP contribution in [0.5, 0.6) is 0 Å². The van der Waals surface area contributed by atoms with Crippen molar-refractivity contribution in [1.29, 1.82) is 0 Å². The molecule has 0 N–H and O–H groups in total. The van der Waals surface area contributed by atoms with Gasteiger partial charge in [0.05, 0.1) is 16.3 Å². The van der Waals surface area contributed by atoms with Crippen LogP contribution in [0, 0.1) is 17.0 Å².